The van der Waals surface area contributed by atoms with E-state index in [0.717, 1.165) is 36.1 Å². The van der Waals surface area contributed by atoms with Gasteiger partial charge in [-0.15, -0.1) is 0 Å². The van der Waals surface area contributed by atoms with Crippen molar-refractivity contribution in [1.29, 1.82) is 0 Å². The molecule has 0 saturated carbocycles. The Balaban J connectivity index is 1.45. The average Bonchev–Trinajstić information content (AvgIpc) is 3.06. The molecule has 2 heterocycles. The highest BCUT2D eigenvalue weighted by molar-refractivity contribution is 5.79. The third-order valence-corrected chi connectivity index (χ3v) is 3.53. The third kappa shape index (κ3) is 4.12. The predicted octanol–water partition coefficient (Wildman–Crippen LogP) is 1.72. The van der Waals surface area contributed by atoms with E-state index in [2.05, 4.69) is 26.7 Å². The molecule has 0 amide bonds. The lowest BCUT2D eigenvalue weighted by atomic mass is 10.1. The summed E-state index contributed by atoms with van der Waals surface area (Å²) in [5.41, 5.74) is 2.17. The number of pyridine rings is 1. The van der Waals surface area contributed by atoms with Gasteiger partial charge in [0.1, 0.15) is 0 Å². The smallest absolute Gasteiger partial charge is 0.231 e. The van der Waals surface area contributed by atoms with Gasteiger partial charge in [-0.1, -0.05) is 12.1 Å². The number of hydrogen-bond donors (Lipinski definition) is 2. The first-order valence-corrected chi connectivity index (χ1v) is 7.58. The minimum absolute atomic E-state index is 0.307. The minimum atomic E-state index is 0.307. The molecule has 1 aliphatic heterocycles. The molecule has 1 aromatic heterocycles. The van der Waals surface area contributed by atoms with Crippen LogP contribution in [-0.2, 0) is 13.0 Å². The number of nitrogens with zero attached hydrogens (tertiary/aromatic N) is 2. The third-order valence-electron chi connectivity index (χ3n) is 3.53. The van der Waals surface area contributed by atoms with Gasteiger partial charge in [-0.05, 0) is 36.2 Å². The molecule has 1 aromatic carbocycles. The number of fused-ring (bicyclic) bond motifs is 1. The second-order valence-corrected chi connectivity index (χ2v) is 5.11. The first kappa shape index (κ1) is 15.1. The Kier molecular flexibility index (Phi) is 4.93. The molecule has 0 bridgehead atoms. The van der Waals surface area contributed by atoms with Crippen molar-refractivity contribution in [3.05, 3.63) is 53.9 Å². The Labute approximate surface area is 135 Å². The van der Waals surface area contributed by atoms with Crippen molar-refractivity contribution in [2.75, 3.05) is 20.4 Å². The summed E-state index contributed by atoms with van der Waals surface area (Å²) in [6.07, 6.45) is 2.66. The van der Waals surface area contributed by atoms with Crippen LogP contribution >= 0.6 is 0 Å². The number of aliphatic imine (C=N–C) groups is 1. The highest BCUT2D eigenvalue weighted by atomic mass is 16.7. The molecule has 0 saturated heterocycles. The van der Waals surface area contributed by atoms with Crippen molar-refractivity contribution in [3.63, 3.8) is 0 Å². The number of nitrogens with one attached hydrogen (secondary N) is 2. The van der Waals surface area contributed by atoms with Gasteiger partial charge in [0.05, 0.1) is 12.2 Å². The molecular formula is C17H20N4O2. The van der Waals surface area contributed by atoms with Gasteiger partial charge in [0.15, 0.2) is 17.5 Å². The second kappa shape index (κ2) is 7.49. The molecule has 0 aliphatic carbocycles. The summed E-state index contributed by atoms with van der Waals surface area (Å²) in [6, 6.07) is 11.9. The molecule has 3 rings (SSSR count). The van der Waals surface area contributed by atoms with Crippen LogP contribution in [0.4, 0.5) is 0 Å². The van der Waals surface area contributed by atoms with Crippen LogP contribution in [0.15, 0.2) is 47.6 Å². The van der Waals surface area contributed by atoms with E-state index in [4.69, 9.17) is 9.47 Å². The molecule has 2 N–H and O–H groups in total. The van der Waals surface area contributed by atoms with E-state index >= 15 is 0 Å². The molecule has 23 heavy (non-hydrogen) atoms. The number of hydrogen-bond acceptors (Lipinski definition) is 4. The van der Waals surface area contributed by atoms with E-state index in [1.54, 1.807) is 13.2 Å². The zero-order valence-corrected chi connectivity index (χ0v) is 13.1. The second-order valence-electron chi connectivity index (χ2n) is 5.11. The van der Waals surface area contributed by atoms with E-state index in [9.17, 15) is 0 Å². The zero-order chi connectivity index (χ0) is 15.9. The van der Waals surface area contributed by atoms with Crippen LogP contribution in [0.2, 0.25) is 0 Å². The topological polar surface area (TPSA) is 67.8 Å². The van der Waals surface area contributed by atoms with Gasteiger partial charge in [-0.2, -0.15) is 0 Å². The molecule has 120 valence electrons. The van der Waals surface area contributed by atoms with Crippen LogP contribution in [-0.4, -0.2) is 31.3 Å². The molecule has 0 unspecified atom stereocenters. The molecule has 6 nitrogen and oxygen atoms in total. The van der Waals surface area contributed by atoms with Gasteiger partial charge in [0.2, 0.25) is 6.79 Å². The number of aromatic nitrogens is 1. The van der Waals surface area contributed by atoms with Crippen molar-refractivity contribution in [1.82, 2.24) is 15.6 Å². The monoisotopic (exact) mass is 312 g/mol. The van der Waals surface area contributed by atoms with Crippen LogP contribution < -0.4 is 20.1 Å². The highest BCUT2D eigenvalue weighted by Gasteiger charge is 2.12. The Hall–Kier alpha value is -2.76. The maximum atomic E-state index is 5.39. The zero-order valence-electron chi connectivity index (χ0n) is 13.1. The highest BCUT2D eigenvalue weighted by Crippen LogP contribution is 2.32. The summed E-state index contributed by atoms with van der Waals surface area (Å²) in [4.78, 5) is 8.49. The first-order valence-electron chi connectivity index (χ1n) is 7.58. The largest absolute Gasteiger partial charge is 0.454 e. The maximum absolute atomic E-state index is 5.39. The molecule has 2 aromatic rings. The summed E-state index contributed by atoms with van der Waals surface area (Å²) >= 11 is 0. The fraction of sp³-hybridized carbons (Fsp3) is 0.294. The van der Waals surface area contributed by atoms with Crippen LogP contribution in [0, 0.1) is 0 Å². The number of benzene rings is 1. The fourth-order valence-corrected chi connectivity index (χ4v) is 2.32. The Bertz CT molecular complexity index is 674. The van der Waals surface area contributed by atoms with Crippen molar-refractivity contribution in [3.8, 4) is 11.5 Å². The van der Waals surface area contributed by atoms with Gasteiger partial charge in [0, 0.05) is 19.8 Å². The summed E-state index contributed by atoms with van der Waals surface area (Å²) in [6.45, 7) is 1.73. The van der Waals surface area contributed by atoms with E-state index in [1.165, 1.54) is 5.56 Å². The summed E-state index contributed by atoms with van der Waals surface area (Å²) < 4.78 is 10.7. The molecule has 0 fully saturated rings. The van der Waals surface area contributed by atoms with Crippen LogP contribution in [0.1, 0.15) is 11.3 Å². The first-order chi connectivity index (χ1) is 11.3. The van der Waals surface area contributed by atoms with E-state index < -0.39 is 0 Å². The van der Waals surface area contributed by atoms with Crippen molar-refractivity contribution in [2.45, 2.75) is 13.0 Å². The lowest BCUT2D eigenvalue weighted by Crippen LogP contribution is -2.38. The van der Waals surface area contributed by atoms with Gasteiger partial charge >= 0.3 is 0 Å². The fourth-order valence-electron chi connectivity index (χ4n) is 2.32. The summed E-state index contributed by atoms with van der Waals surface area (Å²) in [7, 11) is 1.76. The molecule has 1 aliphatic rings. The molecule has 0 radical (unpaired) electrons. The lowest BCUT2D eigenvalue weighted by molar-refractivity contribution is 0.174. The Morgan fingerprint density at radius 1 is 1.17 bits per heavy atom. The molecule has 0 spiro atoms. The number of rotatable bonds is 5. The molecule has 6 heteroatoms. The SMILES string of the molecule is CN=C(NCCc1ccc2c(c1)OCO2)NCc1ccccn1. The summed E-state index contributed by atoms with van der Waals surface area (Å²) in [5.74, 6) is 2.39. The lowest BCUT2D eigenvalue weighted by Gasteiger charge is -2.11. The van der Waals surface area contributed by atoms with E-state index in [0.29, 0.717) is 13.3 Å². The predicted molar refractivity (Wildman–Crippen MR) is 88.7 cm³/mol. The number of ether oxygens (including phenoxy) is 2. The Morgan fingerprint density at radius 2 is 2.09 bits per heavy atom. The average molecular weight is 312 g/mol. The van der Waals surface area contributed by atoms with Crippen molar-refractivity contribution in [2.24, 2.45) is 4.99 Å². The standard InChI is InChI=1S/C17H20N4O2/c1-18-17(21-11-14-4-2-3-8-19-14)20-9-7-13-5-6-15-16(10-13)23-12-22-15/h2-6,8,10H,7,9,11-12H2,1H3,(H2,18,20,21). The van der Waals surface area contributed by atoms with Gasteiger partial charge in [-0.3, -0.25) is 9.98 Å². The Morgan fingerprint density at radius 3 is 2.91 bits per heavy atom. The van der Waals surface area contributed by atoms with Gasteiger partial charge in [0.25, 0.3) is 0 Å². The van der Waals surface area contributed by atoms with Gasteiger partial charge < -0.3 is 20.1 Å². The van der Waals surface area contributed by atoms with Crippen LogP contribution in [0.5, 0.6) is 11.5 Å². The molecule has 0 atom stereocenters. The normalized spacial score (nSPS) is 13.0. The minimum Gasteiger partial charge on any atom is -0.454 e. The van der Waals surface area contributed by atoms with Crippen molar-refractivity contribution >= 4 is 5.96 Å². The summed E-state index contributed by atoms with van der Waals surface area (Å²) in [5, 5.41) is 6.54. The number of guanidine groups is 1. The van der Waals surface area contributed by atoms with E-state index in [1.807, 2.05) is 30.3 Å². The molecular weight excluding hydrogens is 292 g/mol. The van der Waals surface area contributed by atoms with Crippen LogP contribution in [0.25, 0.3) is 0 Å². The quantitative estimate of drug-likeness (QED) is 0.650. The maximum Gasteiger partial charge on any atom is 0.231 e. The van der Waals surface area contributed by atoms with Crippen LogP contribution in [0.3, 0.4) is 0 Å². The van der Waals surface area contributed by atoms with Gasteiger partial charge in [-0.25, -0.2) is 0 Å². The van der Waals surface area contributed by atoms with Crippen molar-refractivity contribution < 1.29 is 9.47 Å². The van der Waals surface area contributed by atoms with E-state index in [-0.39, 0.29) is 0 Å².